The maximum atomic E-state index is 4.89. The van der Waals surface area contributed by atoms with Gasteiger partial charge in [0, 0.05) is 8.24 Å². The molecule has 0 amide bonds. The van der Waals surface area contributed by atoms with E-state index in [0.29, 0.717) is 0 Å². The summed E-state index contributed by atoms with van der Waals surface area (Å²) in [6, 6.07) is 4.02. The van der Waals surface area contributed by atoms with E-state index in [1.54, 1.807) is 14.1 Å². The Labute approximate surface area is 129 Å². The van der Waals surface area contributed by atoms with E-state index in [0.717, 1.165) is 5.82 Å². The van der Waals surface area contributed by atoms with Crippen molar-refractivity contribution in [3.63, 3.8) is 0 Å². The van der Waals surface area contributed by atoms with Crippen molar-refractivity contribution in [2.45, 2.75) is 26.6 Å². The number of hydrogen-bond donors (Lipinski definition) is 0. The number of rotatable bonds is 2. The molecular formula is C11H21Cl2N3SiTi-2. The number of halogens is 2. The van der Waals surface area contributed by atoms with E-state index >= 15 is 0 Å². The first-order valence-corrected chi connectivity index (χ1v) is 13.1. The molecule has 0 fully saturated rings. The van der Waals surface area contributed by atoms with Crippen LogP contribution in [0.4, 0.5) is 5.82 Å². The van der Waals surface area contributed by atoms with E-state index < -0.39 is 25.3 Å². The van der Waals surface area contributed by atoms with Crippen LogP contribution in [-0.4, -0.2) is 27.3 Å². The van der Waals surface area contributed by atoms with Gasteiger partial charge in [0.15, 0.2) is 0 Å². The molecule has 0 atom stereocenters. The van der Waals surface area contributed by atoms with Crippen LogP contribution in [-0.2, 0) is 17.0 Å². The molecule has 0 aliphatic rings. The summed E-state index contributed by atoms with van der Waals surface area (Å²) in [5.41, 5.74) is 1.22. The van der Waals surface area contributed by atoms with Gasteiger partial charge in [-0.3, -0.25) is 0 Å². The molecule has 18 heavy (non-hydrogen) atoms. The molecule has 0 aliphatic carbocycles. The predicted octanol–water partition coefficient (Wildman–Crippen LogP) is 5.23. The van der Waals surface area contributed by atoms with Gasteiger partial charge >= 0.3 is 35.6 Å². The van der Waals surface area contributed by atoms with Gasteiger partial charge in [0.2, 0.25) is 0 Å². The van der Waals surface area contributed by atoms with Gasteiger partial charge in [-0.1, -0.05) is 49.4 Å². The molecule has 0 aromatic carbocycles. The van der Waals surface area contributed by atoms with E-state index in [-0.39, 0.29) is 0 Å². The van der Waals surface area contributed by atoms with Gasteiger partial charge in [-0.25, -0.2) is 0 Å². The van der Waals surface area contributed by atoms with Crippen LogP contribution in [0.1, 0.15) is 5.56 Å². The third kappa shape index (κ3) is 16.4. The molecular weight excluding hydrogens is 321 g/mol. The van der Waals surface area contributed by atoms with E-state index in [1.165, 1.54) is 5.56 Å². The maximum absolute atomic E-state index is 4.89. The molecule has 1 aromatic heterocycles. The number of hydrogen-bond acceptors (Lipinski definition) is 1. The molecule has 7 heteroatoms. The molecule has 0 saturated heterocycles. The monoisotopic (exact) mass is 341 g/mol. The van der Waals surface area contributed by atoms with E-state index in [9.17, 15) is 0 Å². The van der Waals surface area contributed by atoms with Crippen LogP contribution < -0.4 is 0 Å². The Morgan fingerprint density at radius 3 is 2.00 bits per heavy atom. The second kappa shape index (κ2) is 12.5. The number of aryl methyl sites for hydroxylation is 1. The molecule has 0 bridgehead atoms. The Morgan fingerprint density at radius 2 is 1.67 bits per heavy atom. The van der Waals surface area contributed by atoms with Gasteiger partial charge in [0.1, 0.15) is 0 Å². The van der Waals surface area contributed by atoms with Crippen molar-refractivity contribution >= 4 is 32.7 Å². The zero-order valence-corrected chi connectivity index (χ0v) is 15.9. The summed E-state index contributed by atoms with van der Waals surface area (Å²) in [5, 5.41) is 3.50. The molecule has 1 heterocycles. The van der Waals surface area contributed by atoms with Crippen LogP contribution in [0, 0.1) is 6.92 Å². The quantitative estimate of drug-likeness (QED) is 0.679. The third-order valence-corrected chi connectivity index (χ3v) is 2.25. The van der Waals surface area contributed by atoms with E-state index in [2.05, 4.69) is 41.8 Å². The van der Waals surface area contributed by atoms with Gasteiger partial charge in [-0.2, -0.15) is 14.1 Å². The van der Waals surface area contributed by atoms with Crippen molar-refractivity contribution in [2.24, 2.45) is 0 Å². The van der Waals surface area contributed by atoms with Crippen LogP contribution in [0.25, 0.3) is 10.3 Å². The van der Waals surface area contributed by atoms with Gasteiger partial charge in [-0.05, 0) is 6.92 Å². The normalized spacial score (nSPS) is 9.33. The molecule has 0 aliphatic heterocycles. The van der Waals surface area contributed by atoms with Crippen molar-refractivity contribution in [3.8, 4) is 0 Å². The van der Waals surface area contributed by atoms with Crippen molar-refractivity contribution in [2.75, 3.05) is 14.1 Å². The van der Waals surface area contributed by atoms with Crippen LogP contribution >= 0.6 is 18.6 Å². The Kier molecular flexibility index (Phi) is 14.3. The fraction of sp³-hybridized carbons (Fsp3) is 0.545. The second-order valence-electron chi connectivity index (χ2n) is 4.49. The summed E-state index contributed by atoms with van der Waals surface area (Å²) in [5.74, 6) is 0.883. The summed E-state index contributed by atoms with van der Waals surface area (Å²) < 4.78 is 0. The first kappa shape index (κ1) is 20.7. The molecule has 3 nitrogen and oxygen atoms in total. The number of nitrogens with zero attached hydrogens (tertiary/aromatic N) is 3. The fourth-order valence-corrected chi connectivity index (χ4v) is 1.73. The van der Waals surface area contributed by atoms with Crippen LogP contribution in [0.2, 0.25) is 19.6 Å². The van der Waals surface area contributed by atoms with Gasteiger partial charge < -0.3 is 15.3 Å². The van der Waals surface area contributed by atoms with Gasteiger partial charge in [0.25, 0.3) is 0 Å². The Bertz CT molecular complexity index is 307. The minimum absolute atomic E-state index is 0.556. The Balaban J connectivity index is 0. The summed E-state index contributed by atoms with van der Waals surface area (Å²) in [7, 11) is 11.9. The molecule has 0 spiro atoms. The van der Waals surface area contributed by atoms with E-state index in [1.807, 2.05) is 18.3 Å². The van der Waals surface area contributed by atoms with Gasteiger partial charge in [0.05, 0.1) is 0 Å². The minimum atomic E-state index is -1.36. The first-order chi connectivity index (χ1) is 8.30. The van der Waals surface area contributed by atoms with Crippen molar-refractivity contribution in [3.05, 3.63) is 34.2 Å². The van der Waals surface area contributed by atoms with Crippen LogP contribution in [0.5, 0.6) is 0 Å². The topological polar surface area (TPSA) is 41.1 Å². The third-order valence-electron chi connectivity index (χ3n) is 1.35. The summed E-state index contributed by atoms with van der Waals surface area (Å²) in [6.45, 7) is 8.68. The molecule has 104 valence electrons. The first-order valence-electron chi connectivity index (χ1n) is 5.40. The summed E-state index contributed by atoms with van der Waals surface area (Å²) >= 11 is -0.556. The van der Waals surface area contributed by atoms with Crippen molar-refractivity contribution in [1.82, 2.24) is 4.98 Å². The van der Waals surface area contributed by atoms with Crippen LogP contribution in [0.15, 0.2) is 18.3 Å². The summed E-state index contributed by atoms with van der Waals surface area (Å²) in [6.07, 6.45) is 1.81. The number of aromatic nitrogens is 1. The molecule has 1 aromatic rings. The summed E-state index contributed by atoms with van der Waals surface area (Å²) in [4.78, 5) is 8.77. The Morgan fingerprint density at radius 1 is 1.22 bits per heavy atom. The zero-order chi connectivity index (χ0) is 14.6. The van der Waals surface area contributed by atoms with E-state index in [4.69, 9.17) is 18.6 Å². The molecule has 0 unspecified atom stereocenters. The van der Waals surface area contributed by atoms with Gasteiger partial charge in [-0.15, -0.1) is 0 Å². The SMILES string of the molecule is C[N-]C.Cc1ccnc([N-][Si](C)(C)C)c1.[Cl][Ti][Cl]. The predicted molar refractivity (Wildman–Crippen MR) is 82.3 cm³/mol. The van der Waals surface area contributed by atoms with Crippen molar-refractivity contribution < 1.29 is 17.0 Å². The molecule has 0 saturated carbocycles. The second-order valence-corrected chi connectivity index (χ2v) is 11.6. The Hall–Kier alpha value is 0.421. The zero-order valence-electron chi connectivity index (χ0n) is 11.8. The average Bonchev–Trinajstić information content (AvgIpc) is 2.16. The molecule has 1 rings (SSSR count). The fourth-order valence-electron chi connectivity index (χ4n) is 0.925. The molecule has 0 N–H and O–H groups in total. The number of pyridine rings is 1. The molecule has 0 radical (unpaired) electrons. The van der Waals surface area contributed by atoms with Crippen molar-refractivity contribution in [1.29, 1.82) is 0 Å². The van der Waals surface area contributed by atoms with Crippen LogP contribution in [0.3, 0.4) is 0 Å². The average molecular weight is 342 g/mol. The standard InChI is InChI=1S/C9H15N2Si.C2H6N.2ClH.Ti/c1-8-5-6-10-9(7-8)11-12(2,3)4;1-3-2;;;/h5-7H,1-4H3;1-2H3;2*1H;/q2*-1;;;+2/p-2.